The van der Waals surface area contributed by atoms with Gasteiger partial charge in [-0.2, -0.15) is 4.98 Å². The van der Waals surface area contributed by atoms with Gasteiger partial charge in [-0.25, -0.2) is 0 Å². The Balaban J connectivity index is 1.97. The van der Waals surface area contributed by atoms with Crippen molar-refractivity contribution in [2.45, 2.75) is 33.3 Å². The molecule has 1 aromatic heterocycles. The van der Waals surface area contributed by atoms with E-state index in [1.165, 1.54) is 0 Å². The Hall–Kier alpha value is -1.56. The highest BCUT2D eigenvalue weighted by Crippen LogP contribution is 2.35. The fraction of sp³-hybridized carbons (Fsp3) is 0.467. The summed E-state index contributed by atoms with van der Waals surface area (Å²) in [5, 5.41) is 3.96. The number of nitrogens with zero attached hydrogens (tertiary/aromatic N) is 2. The molecule has 0 aliphatic rings. The standard InChI is InChI=1S/C15H19BrN2O3/c1-10(2)7-8-13-17-14(21-18-13)9-20-15-11(16)5-4-6-12(15)19-3/h4-6,10H,7-9H2,1-3H3. The molecule has 0 saturated carbocycles. The minimum absolute atomic E-state index is 0.216. The molecule has 5 nitrogen and oxygen atoms in total. The van der Waals surface area contributed by atoms with Crippen LogP contribution in [-0.2, 0) is 13.0 Å². The lowest BCUT2D eigenvalue weighted by Gasteiger charge is -2.10. The lowest BCUT2D eigenvalue weighted by atomic mass is 10.1. The van der Waals surface area contributed by atoms with Crippen LogP contribution in [0.15, 0.2) is 27.2 Å². The number of benzene rings is 1. The number of rotatable bonds is 7. The predicted molar refractivity (Wildman–Crippen MR) is 82.5 cm³/mol. The average Bonchev–Trinajstić information content (AvgIpc) is 2.91. The van der Waals surface area contributed by atoms with Crippen molar-refractivity contribution < 1.29 is 14.0 Å². The van der Waals surface area contributed by atoms with Gasteiger partial charge in [0.05, 0.1) is 11.6 Å². The van der Waals surface area contributed by atoms with Crippen molar-refractivity contribution in [3.05, 3.63) is 34.4 Å². The number of halogens is 1. The highest BCUT2D eigenvalue weighted by molar-refractivity contribution is 9.10. The first-order chi connectivity index (χ1) is 10.1. The number of hydrogen-bond acceptors (Lipinski definition) is 5. The van der Waals surface area contributed by atoms with Crippen LogP contribution >= 0.6 is 15.9 Å². The summed E-state index contributed by atoms with van der Waals surface area (Å²) in [5.41, 5.74) is 0. The van der Waals surface area contributed by atoms with E-state index >= 15 is 0 Å². The zero-order valence-corrected chi connectivity index (χ0v) is 14.0. The first kappa shape index (κ1) is 15.8. The van der Waals surface area contributed by atoms with Gasteiger partial charge in [0.15, 0.2) is 23.9 Å². The lowest BCUT2D eigenvalue weighted by molar-refractivity contribution is 0.232. The SMILES string of the molecule is COc1cccc(Br)c1OCc1nc(CCC(C)C)no1. The summed E-state index contributed by atoms with van der Waals surface area (Å²) in [7, 11) is 1.60. The van der Waals surface area contributed by atoms with Crippen molar-refractivity contribution in [2.75, 3.05) is 7.11 Å². The predicted octanol–water partition coefficient (Wildman–Crippen LogP) is 4.01. The van der Waals surface area contributed by atoms with Crippen LogP contribution in [0, 0.1) is 5.92 Å². The van der Waals surface area contributed by atoms with Crippen LogP contribution in [0.3, 0.4) is 0 Å². The summed E-state index contributed by atoms with van der Waals surface area (Å²) < 4.78 is 17.0. The molecule has 0 saturated heterocycles. The smallest absolute Gasteiger partial charge is 0.264 e. The van der Waals surface area contributed by atoms with Gasteiger partial charge in [-0.15, -0.1) is 0 Å². The highest BCUT2D eigenvalue weighted by Gasteiger charge is 2.12. The number of aryl methyl sites for hydroxylation is 1. The largest absolute Gasteiger partial charge is 0.493 e. The van der Waals surface area contributed by atoms with Crippen LogP contribution in [0.5, 0.6) is 11.5 Å². The van der Waals surface area contributed by atoms with Gasteiger partial charge in [0.2, 0.25) is 0 Å². The number of aromatic nitrogens is 2. The van der Waals surface area contributed by atoms with E-state index in [1.807, 2.05) is 18.2 Å². The summed E-state index contributed by atoms with van der Waals surface area (Å²) >= 11 is 3.44. The van der Waals surface area contributed by atoms with Crippen molar-refractivity contribution in [3.63, 3.8) is 0 Å². The second-order valence-electron chi connectivity index (χ2n) is 5.10. The maximum Gasteiger partial charge on any atom is 0.264 e. The molecule has 0 unspecified atom stereocenters. The first-order valence-corrected chi connectivity index (χ1v) is 7.66. The molecule has 0 spiro atoms. The maximum absolute atomic E-state index is 5.72. The monoisotopic (exact) mass is 354 g/mol. The third-order valence-electron chi connectivity index (χ3n) is 2.95. The number of hydrogen-bond donors (Lipinski definition) is 0. The molecule has 0 bridgehead atoms. The van der Waals surface area contributed by atoms with Crippen LogP contribution in [0.2, 0.25) is 0 Å². The molecule has 0 atom stereocenters. The normalized spacial score (nSPS) is 10.9. The number of methoxy groups -OCH3 is 1. The summed E-state index contributed by atoms with van der Waals surface area (Å²) in [6.07, 6.45) is 1.86. The molecule has 2 aromatic rings. The van der Waals surface area contributed by atoms with E-state index in [9.17, 15) is 0 Å². The molecule has 0 aliphatic heterocycles. The zero-order valence-electron chi connectivity index (χ0n) is 12.4. The van der Waals surface area contributed by atoms with Gasteiger partial charge in [-0.05, 0) is 40.4 Å². The van der Waals surface area contributed by atoms with Crippen molar-refractivity contribution in [1.29, 1.82) is 0 Å². The molecule has 1 heterocycles. The first-order valence-electron chi connectivity index (χ1n) is 6.87. The molecule has 0 amide bonds. The Morgan fingerprint density at radius 1 is 1.33 bits per heavy atom. The fourth-order valence-corrected chi connectivity index (χ4v) is 2.25. The molecule has 0 fully saturated rings. The second kappa shape index (κ2) is 7.45. The highest BCUT2D eigenvalue weighted by atomic mass is 79.9. The topological polar surface area (TPSA) is 57.4 Å². The molecular weight excluding hydrogens is 336 g/mol. The van der Waals surface area contributed by atoms with Crippen molar-refractivity contribution in [3.8, 4) is 11.5 Å². The second-order valence-corrected chi connectivity index (χ2v) is 5.95. The summed E-state index contributed by atoms with van der Waals surface area (Å²) in [5.74, 6) is 3.09. The van der Waals surface area contributed by atoms with Gasteiger partial charge in [0.25, 0.3) is 5.89 Å². The van der Waals surface area contributed by atoms with Crippen LogP contribution < -0.4 is 9.47 Å². The summed E-state index contributed by atoms with van der Waals surface area (Å²) in [6.45, 7) is 4.56. The van der Waals surface area contributed by atoms with Crippen LogP contribution in [0.25, 0.3) is 0 Å². The Bertz CT molecular complexity index is 584. The van der Waals surface area contributed by atoms with Crippen LogP contribution in [-0.4, -0.2) is 17.3 Å². The lowest BCUT2D eigenvalue weighted by Crippen LogP contribution is -1.99. The van der Waals surface area contributed by atoms with Crippen molar-refractivity contribution in [1.82, 2.24) is 10.1 Å². The molecule has 6 heteroatoms. The minimum Gasteiger partial charge on any atom is -0.493 e. The Kier molecular flexibility index (Phi) is 5.61. The zero-order chi connectivity index (χ0) is 15.2. The number of para-hydroxylation sites is 1. The Labute approximate surface area is 132 Å². The molecule has 0 radical (unpaired) electrons. The van der Waals surface area contributed by atoms with E-state index < -0.39 is 0 Å². The Morgan fingerprint density at radius 2 is 2.14 bits per heavy atom. The van der Waals surface area contributed by atoms with Crippen molar-refractivity contribution in [2.24, 2.45) is 5.92 Å². The van der Waals surface area contributed by atoms with Gasteiger partial charge >= 0.3 is 0 Å². The van der Waals surface area contributed by atoms with E-state index in [1.54, 1.807) is 7.11 Å². The molecule has 0 N–H and O–H groups in total. The van der Waals surface area contributed by atoms with Gasteiger partial charge < -0.3 is 14.0 Å². The van der Waals surface area contributed by atoms with Gasteiger partial charge in [0, 0.05) is 6.42 Å². The van der Waals surface area contributed by atoms with E-state index in [4.69, 9.17) is 14.0 Å². The maximum atomic E-state index is 5.72. The van der Waals surface area contributed by atoms with E-state index in [2.05, 4.69) is 39.9 Å². The van der Waals surface area contributed by atoms with E-state index in [-0.39, 0.29) is 6.61 Å². The Morgan fingerprint density at radius 3 is 2.86 bits per heavy atom. The third-order valence-corrected chi connectivity index (χ3v) is 3.57. The molecule has 1 aromatic carbocycles. The summed E-state index contributed by atoms with van der Waals surface area (Å²) in [6, 6.07) is 5.61. The molecule has 2 rings (SSSR count). The minimum atomic E-state index is 0.216. The molecule has 21 heavy (non-hydrogen) atoms. The quantitative estimate of drug-likeness (QED) is 0.751. The number of ether oxygens (including phenoxy) is 2. The third kappa shape index (κ3) is 4.46. The van der Waals surface area contributed by atoms with Crippen LogP contribution in [0.4, 0.5) is 0 Å². The molecule has 0 aliphatic carbocycles. The van der Waals surface area contributed by atoms with E-state index in [0.717, 1.165) is 23.1 Å². The fourth-order valence-electron chi connectivity index (χ4n) is 1.79. The van der Waals surface area contributed by atoms with E-state index in [0.29, 0.717) is 23.3 Å². The molecular formula is C15H19BrN2O3. The van der Waals surface area contributed by atoms with Crippen LogP contribution in [0.1, 0.15) is 32.0 Å². The van der Waals surface area contributed by atoms with Crippen molar-refractivity contribution >= 4 is 15.9 Å². The van der Waals surface area contributed by atoms with Gasteiger partial charge in [0.1, 0.15) is 0 Å². The average molecular weight is 355 g/mol. The van der Waals surface area contributed by atoms with Gasteiger partial charge in [-0.1, -0.05) is 25.1 Å². The molecule has 114 valence electrons. The summed E-state index contributed by atoms with van der Waals surface area (Å²) in [4.78, 5) is 4.32. The van der Waals surface area contributed by atoms with Gasteiger partial charge in [-0.3, -0.25) is 0 Å².